The maximum atomic E-state index is 6.40. The fourth-order valence-electron chi connectivity index (χ4n) is 3.74. The normalized spacial score (nSPS) is 26.9. The van der Waals surface area contributed by atoms with Crippen LogP contribution >= 0.6 is 11.6 Å². The zero-order valence-corrected chi connectivity index (χ0v) is 13.8. The lowest BCUT2D eigenvalue weighted by atomic mass is 9.71. The molecule has 0 amide bonds. The van der Waals surface area contributed by atoms with Crippen LogP contribution in [0, 0.1) is 11.8 Å². The molecule has 114 valence electrons. The third kappa shape index (κ3) is 3.56. The minimum Gasteiger partial charge on any atom is -0.317 e. The number of aromatic nitrogens is 2. The summed E-state index contributed by atoms with van der Waals surface area (Å²) in [6, 6.07) is 0. The van der Waals surface area contributed by atoms with Gasteiger partial charge < -0.3 is 5.32 Å². The summed E-state index contributed by atoms with van der Waals surface area (Å²) in [5.74, 6) is 2.10. The number of nitrogens with one attached hydrogen (secondary N) is 1. The van der Waals surface area contributed by atoms with Crippen LogP contribution < -0.4 is 5.32 Å². The zero-order valence-electron chi connectivity index (χ0n) is 13.0. The molecule has 4 heteroatoms. The highest BCUT2D eigenvalue weighted by molar-refractivity contribution is 6.31. The van der Waals surface area contributed by atoms with Crippen molar-refractivity contribution in [3.05, 3.63) is 16.9 Å². The Morgan fingerprint density at radius 2 is 2.20 bits per heavy atom. The number of hydrogen-bond donors (Lipinski definition) is 1. The summed E-state index contributed by atoms with van der Waals surface area (Å²) in [6.45, 7) is 6.60. The summed E-state index contributed by atoms with van der Waals surface area (Å²) >= 11 is 6.40. The Hall–Kier alpha value is -0.540. The van der Waals surface area contributed by atoms with E-state index in [2.05, 4.69) is 24.3 Å². The van der Waals surface area contributed by atoms with E-state index in [4.69, 9.17) is 11.6 Å². The van der Waals surface area contributed by atoms with Gasteiger partial charge in [0.25, 0.3) is 0 Å². The van der Waals surface area contributed by atoms with Crippen LogP contribution in [0.5, 0.6) is 0 Å². The van der Waals surface area contributed by atoms with Gasteiger partial charge in [-0.05, 0) is 37.8 Å². The van der Waals surface area contributed by atoms with Gasteiger partial charge in [0, 0.05) is 13.0 Å². The summed E-state index contributed by atoms with van der Waals surface area (Å²) < 4.78 is 1.99. The second kappa shape index (κ2) is 7.46. The van der Waals surface area contributed by atoms with Crippen molar-refractivity contribution < 1.29 is 0 Å². The largest absolute Gasteiger partial charge is 0.317 e. The molecule has 2 rings (SSSR count). The fraction of sp³-hybridized carbons (Fsp3) is 0.812. The maximum Gasteiger partial charge on any atom is 0.0820 e. The molecule has 0 spiro atoms. The van der Waals surface area contributed by atoms with E-state index in [0.29, 0.717) is 11.8 Å². The molecule has 3 unspecified atom stereocenters. The molecule has 0 aromatic carbocycles. The van der Waals surface area contributed by atoms with Crippen LogP contribution in [0.15, 0.2) is 6.20 Å². The van der Waals surface area contributed by atoms with Crippen LogP contribution in [0.1, 0.15) is 57.6 Å². The Morgan fingerprint density at radius 3 is 2.80 bits per heavy atom. The average molecular weight is 298 g/mol. The van der Waals surface area contributed by atoms with Crippen LogP contribution in [0.2, 0.25) is 5.02 Å². The van der Waals surface area contributed by atoms with E-state index >= 15 is 0 Å². The van der Waals surface area contributed by atoms with E-state index in [1.54, 1.807) is 6.20 Å². The molecule has 1 saturated carbocycles. The van der Waals surface area contributed by atoms with Crippen molar-refractivity contribution in [1.29, 1.82) is 0 Å². The van der Waals surface area contributed by atoms with Crippen molar-refractivity contribution in [2.75, 3.05) is 13.1 Å². The van der Waals surface area contributed by atoms with Crippen LogP contribution in [0.4, 0.5) is 0 Å². The quantitative estimate of drug-likeness (QED) is 0.860. The van der Waals surface area contributed by atoms with Crippen LogP contribution in [0.25, 0.3) is 0 Å². The number of halogens is 1. The highest BCUT2D eigenvalue weighted by Crippen LogP contribution is 2.43. The first-order valence-corrected chi connectivity index (χ1v) is 8.43. The molecule has 1 aromatic heterocycles. The molecule has 0 aliphatic heterocycles. The lowest BCUT2D eigenvalue weighted by molar-refractivity contribution is 0.215. The molecule has 3 nitrogen and oxygen atoms in total. The third-order valence-corrected chi connectivity index (χ3v) is 5.04. The van der Waals surface area contributed by atoms with Crippen LogP contribution in [-0.4, -0.2) is 22.9 Å². The zero-order chi connectivity index (χ0) is 14.5. The monoisotopic (exact) mass is 297 g/mol. The van der Waals surface area contributed by atoms with Crippen molar-refractivity contribution in [1.82, 2.24) is 15.1 Å². The molecule has 1 N–H and O–H groups in total. The highest BCUT2D eigenvalue weighted by atomic mass is 35.5. The van der Waals surface area contributed by atoms with E-state index in [0.717, 1.165) is 24.0 Å². The van der Waals surface area contributed by atoms with Crippen LogP contribution in [0.3, 0.4) is 0 Å². The van der Waals surface area contributed by atoms with Gasteiger partial charge in [-0.2, -0.15) is 5.10 Å². The minimum absolute atomic E-state index is 0.555. The molecule has 1 fully saturated rings. The fourth-order valence-corrected chi connectivity index (χ4v) is 4.04. The van der Waals surface area contributed by atoms with Gasteiger partial charge in [-0.3, -0.25) is 4.68 Å². The average Bonchev–Trinajstić information content (AvgIpc) is 2.77. The second-order valence-electron chi connectivity index (χ2n) is 6.14. The molecule has 20 heavy (non-hydrogen) atoms. The smallest absolute Gasteiger partial charge is 0.0820 e. The predicted octanol–water partition coefficient (Wildman–Crippen LogP) is 3.98. The van der Waals surface area contributed by atoms with Crippen molar-refractivity contribution in [2.45, 2.75) is 51.9 Å². The van der Waals surface area contributed by atoms with Gasteiger partial charge in [-0.1, -0.05) is 44.7 Å². The van der Waals surface area contributed by atoms with Gasteiger partial charge in [0.15, 0.2) is 0 Å². The van der Waals surface area contributed by atoms with Crippen molar-refractivity contribution >= 4 is 11.6 Å². The van der Waals surface area contributed by atoms with Gasteiger partial charge >= 0.3 is 0 Å². The Kier molecular flexibility index (Phi) is 5.91. The van der Waals surface area contributed by atoms with Gasteiger partial charge in [-0.15, -0.1) is 0 Å². The lowest BCUT2D eigenvalue weighted by Crippen LogP contribution is -2.33. The van der Waals surface area contributed by atoms with Gasteiger partial charge in [0.1, 0.15) is 0 Å². The summed E-state index contributed by atoms with van der Waals surface area (Å²) in [4.78, 5) is 0. The summed E-state index contributed by atoms with van der Waals surface area (Å²) in [6.07, 6.45) is 8.38. The Labute approximate surface area is 128 Å². The molecule has 0 saturated heterocycles. The molecule has 1 aliphatic rings. The van der Waals surface area contributed by atoms with E-state index in [9.17, 15) is 0 Å². The van der Waals surface area contributed by atoms with Crippen LogP contribution in [-0.2, 0) is 7.05 Å². The second-order valence-corrected chi connectivity index (χ2v) is 6.55. The molecule has 0 bridgehead atoms. The Morgan fingerprint density at radius 1 is 1.40 bits per heavy atom. The molecule has 1 aliphatic carbocycles. The Bertz CT molecular complexity index is 396. The van der Waals surface area contributed by atoms with E-state index in [-0.39, 0.29) is 0 Å². The lowest BCUT2D eigenvalue weighted by Gasteiger charge is -2.36. The molecular formula is C16H28ClN3. The first-order valence-electron chi connectivity index (χ1n) is 8.05. The van der Waals surface area contributed by atoms with E-state index in [1.165, 1.54) is 37.8 Å². The number of aryl methyl sites for hydroxylation is 1. The summed E-state index contributed by atoms with van der Waals surface area (Å²) in [5.41, 5.74) is 1.25. The van der Waals surface area contributed by atoms with Crippen molar-refractivity contribution in [3.8, 4) is 0 Å². The van der Waals surface area contributed by atoms with Crippen molar-refractivity contribution in [2.24, 2.45) is 18.9 Å². The predicted molar refractivity (Wildman–Crippen MR) is 85.2 cm³/mol. The standard InChI is InChI=1S/C16H28ClN3/c1-4-6-12-7-8-13(10-18-5-2)14(9-12)16-15(17)11-19-20(16)3/h11-14,18H,4-10H2,1-3H3. The highest BCUT2D eigenvalue weighted by Gasteiger charge is 2.33. The molecule has 1 aromatic rings. The number of rotatable bonds is 6. The number of hydrogen-bond acceptors (Lipinski definition) is 2. The van der Waals surface area contributed by atoms with E-state index < -0.39 is 0 Å². The topological polar surface area (TPSA) is 29.9 Å². The maximum absolute atomic E-state index is 6.40. The summed E-state index contributed by atoms with van der Waals surface area (Å²) in [7, 11) is 2.02. The summed E-state index contributed by atoms with van der Waals surface area (Å²) in [5, 5.41) is 8.71. The van der Waals surface area contributed by atoms with Gasteiger partial charge in [-0.25, -0.2) is 0 Å². The molecular weight excluding hydrogens is 270 g/mol. The molecule has 1 heterocycles. The first kappa shape index (κ1) is 15.8. The van der Waals surface area contributed by atoms with Gasteiger partial charge in [0.2, 0.25) is 0 Å². The van der Waals surface area contributed by atoms with Crippen molar-refractivity contribution in [3.63, 3.8) is 0 Å². The molecule has 3 atom stereocenters. The molecule has 0 radical (unpaired) electrons. The third-order valence-electron chi connectivity index (χ3n) is 4.74. The van der Waals surface area contributed by atoms with Gasteiger partial charge in [0.05, 0.1) is 16.9 Å². The first-order chi connectivity index (χ1) is 9.67. The minimum atomic E-state index is 0.555. The van der Waals surface area contributed by atoms with E-state index in [1.807, 2.05) is 11.7 Å². The Balaban J connectivity index is 2.17. The number of nitrogens with zero attached hydrogens (tertiary/aromatic N) is 2. The SMILES string of the molecule is CCCC1CCC(CNCC)C(c2c(Cl)cnn2C)C1.